The van der Waals surface area contributed by atoms with E-state index in [0.717, 1.165) is 48.3 Å². The molecule has 6 N–H and O–H groups in total. The van der Waals surface area contributed by atoms with Crippen LogP contribution in [0, 0.1) is 58.2 Å². The number of halogens is 2. The number of carbonyl (C=O) groups excluding carboxylic acids is 2. The number of aromatic hydroxyl groups is 2. The Kier molecular flexibility index (Phi) is 15.0. The minimum absolute atomic E-state index is 0.109. The molecule has 0 saturated heterocycles. The standard InChI is InChI=1S/C49H68Cl2N2O8/c1-27(2)8-6-9-28(3)37-14-15-38-34-13-12-32-20-29(16-18-48(32,4)39(34)17-19-49(37,38)5)10-7-11-33(30-21-35(44(58)40(50)23-30)46(60)52-25-42(54)55)31-22-36(45(59)41(51)24-31)47(61)53-26-43(56)57/h21-24,27-29,32-34,37-39,58-59H,6-20,25-26H2,1-5H3,(H,52,60)(H,53,61)(H,54,55)(H,56,57)/t28-,29+,32?,34+,37-,38+,39+,48+,49-/m1/s1. The summed E-state index contributed by atoms with van der Waals surface area (Å²) in [6.07, 6.45) is 18.2. The summed E-state index contributed by atoms with van der Waals surface area (Å²) >= 11 is 13.0. The Labute approximate surface area is 371 Å². The number of phenolic OH excluding ortho intramolecular Hbond substituents is 2. The predicted molar refractivity (Wildman–Crippen MR) is 238 cm³/mol. The van der Waals surface area contributed by atoms with Crippen LogP contribution in [-0.4, -0.2) is 57.3 Å². The molecule has 0 heterocycles. The zero-order valence-corrected chi connectivity index (χ0v) is 38.2. The van der Waals surface area contributed by atoms with E-state index in [0.29, 0.717) is 40.2 Å². The quantitative estimate of drug-likeness (QED) is 0.0911. The van der Waals surface area contributed by atoms with Gasteiger partial charge in [-0.25, -0.2) is 0 Å². The number of fused-ring (bicyclic) bond motifs is 5. The van der Waals surface area contributed by atoms with Crippen molar-refractivity contribution in [3.63, 3.8) is 0 Å². The van der Waals surface area contributed by atoms with Crippen LogP contribution in [-0.2, 0) is 9.59 Å². The monoisotopic (exact) mass is 882 g/mol. The second-order valence-electron chi connectivity index (χ2n) is 20.3. The van der Waals surface area contributed by atoms with Crippen molar-refractivity contribution in [2.75, 3.05) is 13.1 Å². The summed E-state index contributed by atoms with van der Waals surface area (Å²) < 4.78 is 0. The summed E-state index contributed by atoms with van der Waals surface area (Å²) in [5, 5.41) is 44.2. The Balaban J connectivity index is 1.17. The molecule has 61 heavy (non-hydrogen) atoms. The van der Waals surface area contributed by atoms with E-state index in [2.05, 4.69) is 45.3 Å². The van der Waals surface area contributed by atoms with E-state index in [-0.39, 0.29) is 21.2 Å². The maximum Gasteiger partial charge on any atom is 0.322 e. The average Bonchev–Trinajstić information content (AvgIpc) is 3.57. The van der Waals surface area contributed by atoms with Crippen LogP contribution in [0.25, 0.3) is 0 Å². The number of hydrogen-bond donors (Lipinski definition) is 6. The first-order chi connectivity index (χ1) is 28.8. The molecular weight excluding hydrogens is 815 g/mol. The summed E-state index contributed by atoms with van der Waals surface area (Å²) in [4.78, 5) is 48.5. The molecule has 12 heteroatoms. The van der Waals surface area contributed by atoms with E-state index in [1.165, 1.54) is 89.2 Å². The Hall–Kier alpha value is -3.50. The van der Waals surface area contributed by atoms with Crippen LogP contribution in [0.1, 0.15) is 169 Å². The lowest BCUT2D eigenvalue weighted by atomic mass is 9.44. The van der Waals surface area contributed by atoms with Gasteiger partial charge in [0.05, 0.1) is 21.2 Å². The Morgan fingerprint density at radius 3 is 1.82 bits per heavy atom. The van der Waals surface area contributed by atoms with Gasteiger partial charge in [-0.3, -0.25) is 19.2 Å². The minimum atomic E-state index is -1.25. The molecule has 0 radical (unpaired) electrons. The second kappa shape index (κ2) is 19.5. The lowest BCUT2D eigenvalue weighted by Gasteiger charge is -2.61. The highest BCUT2D eigenvalue weighted by Gasteiger charge is 2.60. The average molecular weight is 884 g/mol. The van der Waals surface area contributed by atoms with Gasteiger partial charge in [0.15, 0.2) is 0 Å². The van der Waals surface area contributed by atoms with Crippen LogP contribution in [0.3, 0.4) is 0 Å². The lowest BCUT2D eigenvalue weighted by molar-refractivity contribution is -0.136. The Bertz CT molecular complexity index is 1870. The summed E-state index contributed by atoms with van der Waals surface area (Å²) in [7, 11) is 0. The summed E-state index contributed by atoms with van der Waals surface area (Å²) in [5.41, 5.74) is 1.50. The van der Waals surface area contributed by atoms with E-state index >= 15 is 0 Å². The predicted octanol–water partition coefficient (Wildman–Crippen LogP) is 11.1. The molecule has 0 bridgehead atoms. The minimum Gasteiger partial charge on any atom is -0.506 e. The molecule has 6 rings (SSSR count). The van der Waals surface area contributed by atoms with Crippen molar-refractivity contribution in [3.8, 4) is 11.5 Å². The van der Waals surface area contributed by atoms with Crippen LogP contribution >= 0.6 is 23.2 Å². The molecule has 4 saturated carbocycles. The molecule has 4 fully saturated rings. The fourth-order valence-corrected chi connectivity index (χ4v) is 13.7. The van der Waals surface area contributed by atoms with Crippen molar-refractivity contribution >= 4 is 47.0 Å². The van der Waals surface area contributed by atoms with Crippen LogP contribution < -0.4 is 10.6 Å². The fraction of sp³-hybridized carbons (Fsp3) is 0.673. The van der Waals surface area contributed by atoms with Gasteiger partial charge < -0.3 is 31.1 Å². The summed E-state index contributed by atoms with van der Waals surface area (Å²) in [5.74, 6) is 0.537. The molecule has 10 nitrogen and oxygen atoms in total. The molecule has 0 spiro atoms. The van der Waals surface area contributed by atoms with Gasteiger partial charge in [-0.2, -0.15) is 0 Å². The number of amides is 2. The molecule has 4 aliphatic rings. The van der Waals surface area contributed by atoms with Gasteiger partial charge in [0.25, 0.3) is 11.8 Å². The van der Waals surface area contributed by atoms with E-state index in [4.69, 9.17) is 33.4 Å². The van der Waals surface area contributed by atoms with Crippen LogP contribution in [0.5, 0.6) is 11.5 Å². The number of carboxylic acid groups (broad SMARTS) is 2. The number of rotatable bonds is 17. The highest BCUT2D eigenvalue weighted by molar-refractivity contribution is 6.33. The Morgan fingerprint density at radius 1 is 0.705 bits per heavy atom. The van der Waals surface area contributed by atoms with Crippen molar-refractivity contribution in [2.24, 2.45) is 58.2 Å². The van der Waals surface area contributed by atoms with Gasteiger partial charge in [-0.05, 0) is 158 Å². The van der Waals surface area contributed by atoms with E-state index in [1.807, 2.05) is 0 Å². The van der Waals surface area contributed by atoms with Crippen molar-refractivity contribution in [2.45, 2.75) is 137 Å². The van der Waals surface area contributed by atoms with Crippen LogP contribution in [0.15, 0.2) is 24.3 Å². The molecule has 1 unspecified atom stereocenters. The first kappa shape index (κ1) is 47.0. The number of nitrogens with one attached hydrogen (secondary N) is 2. The summed E-state index contributed by atoms with van der Waals surface area (Å²) in [6.45, 7) is 11.2. The normalized spacial score (nSPS) is 28.7. The smallest absolute Gasteiger partial charge is 0.322 e. The topological polar surface area (TPSA) is 173 Å². The largest absolute Gasteiger partial charge is 0.506 e. The number of hydrogen-bond acceptors (Lipinski definition) is 6. The van der Waals surface area contributed by atoms with E-state index in [1.54, 1.807) is 12.1 Å². The number of carbonyl (C=O) groups is 4. The SMILES string of the molecule is CC(C)CCC[C@@H](C)[C@H]1CC[C@H]2[C@@H]3CCC4C[C@@H](CCCC(c5cc(Cl)c(O)c(C(=O)NCC(=O)O)c5)c5cc(Cl)c(O)c(C(=O)NCC(=O)O)c5)CC[C@]4(C)[C@H]3CC[C@]12C. The molecule has 0 aliphatic heterocycles. The van der Waals surface area contributed by atoms with Crippen LogP contribution in [0.4, 0.5) is 0 Å². The molecule has 336 valence electrons. The van der Waals surface area contributed by atoms with E-state index < -0.39 is 54.3 Å². The van der Waals surface area contributed by atoms with Gasteiger partial charge in [0, 0.05) is 5.92 Å². The van der Waals surface area contributed by atoms with Crippen molar-refractivity contribution in [1.29, 1.82) is 0 Å². The number of phenols is 2. The highest BCUT2D eigenvalue weighted by atomic mass is 35.5. The van der Waals surface area contributed by atoms with Gasteiger partial charge in [0.2, 0.25) is 0 Å². The van der Waals surface area contributed by atoms with Gasteiger partial charge in [0.1, 0.15) is 24.6 Å². The molecule has 2 aromatic carbocycles. The van der Waals surface area contributed by atoms with Gasteiger partial charge in [-0.15, -0.1) is 0 Å². The van der Waals surface area contributed by atoms with Gasteiger partial charge >= 0.3 is 11.9 Å². The number of carboxylic acids is 2. The van der Waals surface area contributed by atoms with Gasteiger partial charge in [-0.1, -0.05) is 89.9 Å². The van der Waals surface area contributed by atoms with E-state index in [9.17, 15) is 29.4 Å². The second-order valence-corrected chi connectivity index (χ2v) is 21.1. The fourth-order valence-electron chi connectivity index (χ4n) is 13.3. The number of benzene rings is 2. The molecule has 0 aromatic heterocycles. The maximum atomic E-state index is 13.1. The zero-order chi connectivity index (χ0) is 44.4. The molecule has 2 aromatic rings. The first-order valence-electron chi connectivity index (χ1n) is 22.9. The highest BCUT2D eigenvalue weighted by Crippen LogP contribution is 2.69. The first-order valence-corrected chi connectivity index (χ1v) is 23.6. The zero-order valence-electron chi connectivity index (χ0n) is 36.7. The molecule has 2 amide bonds. The van der Waals surface area contributed by atoms with Crippen molar-refractivity contribution in [3.05, 3.63) is 56.6 Å². The van der Waals surface area contributed by atoms with Crippen molar-refractivity contribution in [1.82, 2.24) is 10.6 Å². The lowest BCUT2D eigenvalue weighted by Crippen LogP contribution is -2.53. The third-order valence-corrected chi connectivity index (χ3v) is 16.9. The number of aliphatic carboxylic acids is 2. The third kappa shape index (κ3) is 10.2. The van der Waals surface area contributed by atoms with Crippen molar-refractivity contribution < 1.29 is 39.6 Å². The maximum absolute atomic E-state index is 13.1. The molecular formula is C49H68Cl2N2O8. The Morgan fingerprint density at radius 2 is 1.26 bits per heavy atom. The molecule has 9 atom stereocenters. The third-order valence-electron chi connectivity index (χ3n) is 16.3. The van der Waals surface area contributed by atoms with Crippen LogP contribution in [0.2, 0.25) is 10.0 Å². The molecule has 4 aliphatic carbocycles. The summed E-state index contributed by atoms with van der Waals surface area (Å²) in [6, 6.07) is 6.02.